The van der Waals surface area contributed by atoms with Crippen LogP contribution in [0.2, 0.25) is 0 Å². The summed E-state index contributed by atoms with van der Waals surface area (Å²) in [6, 6.07) is 8.40. The third kappa shape index (κ3) is 3.91. The number of thiazole rings is 1. The molecule has 0 radical (unpaired) electrons. The van der Waals surface area contributed by atoms with Gasteiger partial charge >= 0.3 is 0 Å². The predicted octanol–water partition coefficient (Wildman–Crippen LogP) is 3.39. The molecule has 17 heavy (non-hydrogen) atoms. The Morgan fingerprint density at radius 1 is 1.24 bits per heavy atom. The van der Waals surface area contributed by atoms with E-state index < -0.39 is 0 Å². The fraction of sp³-hybridized carbons (Fsp3) is 0.308. The molecule has 0 saturated carbocycles. The van der Waals surface area contributed by atoms with E-state index in [1.54, 1.807) is 11.3 Å². The van der Waals surface area contributed by atoms with E-state index in [9.17, 15) is 0 Å². The maximum Gasteiger partial charge on any atom is 0.0972 e. The molecule has 1 aromatic heterocycles. The Balaban J connectivity index is 1.98. The van der Waals surface area contributed by atoms with Gasteiger partial charge in [0.1, 0.15) is 0 Å². The molecule has 0 unspecified atom stereocenters. The van der Waals surface area contributed by atoms with Crippen molar-refractivity contribution in [3.63, 3.8) is 0 Å². The van der Waals surface area contributed by atoms with E-state index in [1.807, 2.05) is 0 Å². The molecule has 0 fully saturated rings. The summed E-state index contributed by atoms with van der Waals surface area (Å²) in [5.74, 6) is 0. The average molecular weight is 311 g/mol. The van der Waals surface area contributed by atoms with E-state index >= 15 is 0 Å². The van der Waals surface area contributed by atoms with Crippen molar-refractivity contribution in [1.82, 2.24) is 4.98 Å². The third-order valence-corrected chi connectivity index (χ3v) is 3.93. The zero-order chi connectivity index (χ0) is 12.1. The fourth-order valence-corrected chi connectivity index (χ4v) is 2.73. The molecule has 1 heterocycles. The topological polar surface area (TPSA) is 38.9 Å². The summed E-state index contributed by atoms with van der Waals surface area (Å²) < 4.78 is 1.11. The second-order valence-corrected chi connectivity index (χ2v) is 5.79. The second-order valence-electron chi connectivity index (χ2n) is 3.93. The summed E-state index contributed by atoms with van der Waals surface area (Å²) in [6.07, 6.45) is 2.93. The molecule has 0 amide bonds. The Morgan fingerprint density at radius 3 is 2.71 bits per heavy atom. The molecule has 2 rings (SSSR count). The van der Waals surface area contributed by atoms with Gasteiger partial charge in [0.05, 0.1) is 10.7 Å². The van der Waals surface area contributed by atoms with Gasteiger partial charge in [0.15, 0.2) is 0 Å². The summed E-state index contributed by atoms with van der Waals surface area (Å²) in [7, 11) is 0. The van der Waals surface area contributed by atoms with E-state index in [0.717, 1.165) is 30.3 Å². The van der Waals surface area contributed by atoms with Crippen molar-refractivity contribution < 1.29 is 0 Å². The molecular formula is C13H15BrN2S. The minimum Gasteiger partial charge on any atom is -0.330 e. The van der Waals surface area contributed by atoms with Crippen LogP contribution in [0.5, 0.6) is 0 Å². The van der Waals surface area contributed by atoms with Crippen molar-refractivity contribution in [3.8, 4) is 0 Å². The van der Waals surface area contributed by atoms with E-state index in [0.29, 0.717) is 0 Å². The Kier molecular flexibility index (Phi) is 4.71. The summed E-state index contributed by atoms with van der Waals surface area (Å²) in [6.45, 7) is 0.736. The highest BCUT2D eigenvalue weighted by Gasteiger charge is 2.03. The van der Waals surface area contributed by atoms with Gasteiger partial charge in [0.25, 0.3) is 0 Å². The van der Waals surface area contributed by atoms with Crippen LogP contribution < -0.4 is 5.73 Å². The molecule has 2 nitrogen and oxygen atoms in total. The Bertz CT molecular complexity index is 465. The molecule has 0 aliphatic carbocycles. The molecule has 90 valence electrons. The van der Waals surface area contributed by atoms with Crippen LogP contribution >= 0.6 is 27.3 Å². The smallest absolute Gasteiger partial charge is 0.0972 e. The van der Waals surface area contributed by atoms with Crippen LogP contribution in [0.15, 0.2) is 34.1 Å². The van der Waals surface area contributed by atoms with Crippen LogP contribution in [0.3, 0.4) is 0 Å². The summed E-state index contributed by atoms with van der Waals surface area (Å²) in [4.78, 5) is 4.62. The number of aryl methyl sites for hydroxylation is 1. The van der Waals surface area contributed by atoms with Gasteiger partial charge in [-0.25, -0.2) is 4.98 Å². The van der Waals surface area contributed by atoms with Crippen LogP contribution in [-0.2, 0) is 12.8 Å². The normalized spacial score (nSPS) is 10.7. The molecule has 4 heteroatoms. The van der Waals surface area contributed by atoms with E-state index in [2.05, 4.69) is 50.6 Å². The van der Waals surface area contributed by atoms with Gasteiger partial charge in [-0.15, -0.1) is 11.3 Å². The number of nitrogens with zero attached hydrogens (tertiary/aromatic N) is 1. The standard InChI is InChI=1S/C13H15BrN2S/c14-11-5-3-10(4-6-11)8-13-16-12(9-17-13)2-1-7-15/h3-6,9H,1-2,7-8,15H2. The van der Waals surface area contributed by atoms with Crippen molar-refractivity contribution in [2.45, 2.75) is 19.3 Å². The SMILES string of the molecule is NCCCc1csc(Cc2ccc(Br)cc2)n1. The predicted molar refractivity (Wildman–Crippen MR) is 76.4 cm³/mol. The van der Waals surface area contributed by atoms with Gasteiger partial charge in [-0.05, 0) is 37.1 Å². The summed E-state index contributed by atoms with van der Waals surface area (Å²) >= 11 is 5.17. The molecule has 0 aliphatic heterocycles. The first-order valence-corrected chi connectivity index (χ1v) is 7.33. The number of nitrogens with two attached hydrogens (primary N) is 1. The van der Waals surface area contributed by atoms with E-state index in [1.165, 1.54) is 16.3 Å². The van der Waals surface area contributed by atoms with Gasteiger partial charge < -0.3 is 5.73 Å². The maximum absolute atomic E-state index is 5.49. The summed E-state index contributed by atoms with van der Waals surface area (Å²) in [5.41, 5.74) is 7.96. The number of halogens is 1. The monoisotopic (exact) mass is 310 g/mol. The van der Waals surface area contributed by atoms with Crippen LogP contribution in [-0.4, -0.2) is 11.5 Å². The molecular weight excluding hydrogens is 296 g/mol. The van der Waals surface area contributed by atoms with Gasteiger partial charge in [0, 0.05) is 16.3 Å². The lowest BCUT2D eigenvalue weighted by Crippen LogP contribution is -2.00. The van der Waals surface area contributed by atoms with Gasteiger partial charge in [-0.3, -0.25) is 0 Å². The van der Waals surface area contributed by atoms with Crippen molar-refractivity contribution in [2.24, 2.45) is 5.73 Å². The van der Waals surface area contributed by atoms with Gasteiger partial charge in [-0.2, -0.15) is 0 Å². The Hall–Kier alpha value is -0.710. The fourth-order valence-electron chi connectivity index (χ4n) is 1.60. The molecule has 0 atom stereocenters. The lowest BCUT2D eigenvalue weighted by atomic mass is 10.2. The molecule has 2 N–H and O–H groups in total. The van der Waals surface area contributed by atoms with Crippen molar-refractivity contribution in [2.75, 3.05) is 6.54 Å². The van der Waals surface area contributed by atoms with Crippen LogP contribution in [0, 0.1) is 0 Å². The zero-order valence-corrected chi connectivity index (χ0v) is 11.9. The van der Waals surface area contributed by atoms with Crippen molar-refractivity contribution >= 4 is 27.3 Å². The Morgan fingerprint density at radius 2 is 2.00 bits per heavy atom. The molecule has 2 aromatic rings. The van der Waals surface area contributed by atoms with Gasteiger partial charge in [-0.1, -0.05) is 28.1 Å². The number of benzene rings is 1. The first-order chi connectivity index (χ1) is 8.28. The molecule has 0 spiro atoms. The Labute approximate surface area is 114 Å². The average Bonchev–Trinajstić information content (AvgIpc) is 2.77. The van der Waals surface area contributed by atoms with Crippen LogP contribution in [0.1, 0.15) is 22.7 Å². The third-order valence-electron chi connectivity index (χ3n) is 2.50. The van der Waals surface area contributed by atoms with E-state index in [4.69, 9.17) is 5.73 Å². The molecule has 0 saturated heterocycles. The lowest BCUT2D eigenvalue weighted by Gasteiger charge is -1.98. The highest BCUT2D eigenvalue weighted by atomic mass is 79.9. The number of rotatable bonds is 5. The van der Waals surface area contributed by atoms with Crippen molar-refractivity contribution in [1.29, 1.82) is 0 Å². The highest BCUT2D eigenvalue weighted by molar-refractivity contribution is 9.10. The van der Waals surface area contributed by atoms with Crippen LogP contribution in [0.4, 0.5) is 0 Å². The largest absolute Gasteiger partial charge is 0.330 e. The minimum atomic E-state index is 0.736. The number of hydrogen-bond donors (Lipinski definition) is 1. The number of aromatic nitrogens is 1. The van der Waals surface area contributed by atoms with Gasteiger partial charge in [0.2, 0.25) is 0 Å². The first-order valence-electron chi connectivity index (χ1n) is 5.65. The summed E-state index contributed by atoms with van der Waals surface area (Å²) in [5, 5.41) is 3.32. The van der Waals surface area contributed by atoms with Crippen LogP contribution in [0.25, 0.3) is 0 Å². The first kappa shape index (κ1) is 12.7. The number of hydrogen-bond acceptors (Lipinski definition) is 3. The lowest BCUT2D eigenvalue weighted by molar-refractivity contribution is 0.812. The maximum atomic E-state index is 5.49. The quantitative estimate of drug-likeness (QED) is 0.919. The van der Waals surface area contributed by atoms with Crippen molar-refractivity contribution in [3.05, 3.63) is 50.4 Å². The minimum absolute atomic E-state index is 0.736. The zero-order valence-electron chi connectivity index (χ0n) is 9.53. The van der Waals surface area contributed by atoms with E-state index in [-0.39, 0.29) is 0 Å². The molecule has 0 aliphatic rings. The molecule has 0 bridgehead atoms. The molecule has 1 aromatic carbocycles. The highest BCUT2D eigenvalue weighted by Crippen LogP contribution is 2.17. The second kappa shape index (κ2) is 6.28.